The largest absolute Gasteiger partial charge is 0.309 e. The van der Waals surface area contributed by atoms with E-state index in [4.69, 9.17) is 5.48 Å². The van der Waals surface area contributed by atoms with E-state index in [-0.39, 0.29) is 35.5 Å². The predicted octanol–water partition coefficient (Wildman–Crippen LogP) is 7.88. The molecule has 0 spiro atoms. The summed E-state index contributed by atoms with van der Waals surface area (Å²) in [6.07, 6.45) is 0. The normalized spacial score (nSPS) is 13.5. The molecule has 2 heteroatoms. The molecule has 0 unspecified atom stereocenters. The van der Waals surface area contributed by atoms with Crippen molar-refractivity contribution in [1.82, 2.24) is 9.13 Å². The summed E-state index contributed by atoms with van der Waals surface area (Å²) in [5, 5.41) is 4.04. The first kappa shape index (κ1) is 13.9. The van der Waals surface area contributed by atoms with Crippen LogP contribution in [0.5, 0.6) is 0 Å². The molecule has 150 valence electrons. The van der Waals surface area contributed by atoms with Gasteiger partial charge in [0, 0.05) is 32.9 Å². The lowest BCUT2D eigenvalue weighted by molar-refractivity contribution is 1.14. The van der Waals surface area contributed by atoms with Crippen molar-refractivity contribution < 1.29 is 5.48 Å². The van der Waals surface area contributed by atoms with Crippen molar-refractivity contribution in [3.05, 3.63) is 121 Å². The number of aromatic nitrogens is 2. The highest BCUT2D eigenvalue weighted by Gasteiger charge is 2.13. The Morgan fingerprint density at radius 1 is 0.375 bits per heavy atom. The molecular formula is C30H20N2. The second-order valence-corrected chi connectivity index (χ2v) is 7.94. The molecule has 0 saturated carbocycles. The summed E-state index contributed by atoms with van der Waals surface area (Å²) in [5.41, 5.74) is 3.92. The van der Waals surface area contributed by atoms with E-state index in [0.717, 1.165) is 43.6 Å². The number of fused-ring (bicyclic) bond motifs is 6. The maximum absolute atomic E-state index is 9.09. The van der Waals surface area contributed by atoms with Gasteiger partial charge in [-0.2, -0.15) is 0 Å². The van der Waals surface area contributed by atoms with E-state index < -0.39 is 0 Å². The minimum absolute atomic E-state index is 0.0700. The maximum Gasteiger partial charge on any atom is 0.0646 e. The lowest BCUT2D eigenvalue weighted by Gasteiger charge is -2.11. The minimum Gasteiger partial charge on any atom is -0.309 e. The highest BCUT2D eigenvalue weighted by Crippen LogP contribution is 2.34. The van der Waals surface area contributed by atoms with Gasteiger partial charge < -0.3 is 9.13 Å². The molecule has 0 aliphatic rings. The van der Waals surface area contributed by atoms with Gasteiger partial charge in [-0.3, -0.25) is 0 Å². The van der Waals surface area contributed by atoms with Crippen LogP contribution in [0, 0.1) is 0 Å². The Hall–Kier alpha value is -4.30. The first-order valence-electron chi connectivity index (χ1n) is 12.7. The third-order valence-corrected chi connectivity index (χ3v) is 6.21. The molecule has 0 saturated heterocycles. The van der Waals surface area contributed by atoms with E-state index in [1.165, 1.54) is 0 Å². The molecule has 0 fully saturated rings. The van der Waals surface area contributed by atoms with Crippen molar-refractivity contribution in [2.45, 2.75) is 0 Å². The number of hydrogen-bond acceptors (Lipinski definition) is 0. The van der Waals surface area contributed by atoms with E-state index in [1.807, 2.05) is 106 Å². The molecule has 2 heterocycles. The Kier molecular flexibility index (Phi) is 2.86. The molecule has 32 heavy (non-hydrogen) atoms. The zero-order chi connectivity index (χ0) is 24.6. The van der Waals surface area contributed by atoms with Crippen LogP contribution < -0.4 is 0 Å². The van der Waals surface area contributed by atoms with E-state index in [2.05, 4.69) is 0 Å². The van der Waals surface area contributed by atoms with Gasteiger partial charge in [0.1, 0.15) is 0 Å². The third-order valence-electron chi connectivity index (χ3n) is 6.21. The topological polar surface area (TPSA) is 9.86 Å². The van der Waals surface area contributed by atoms with Crippen LogP contribution >= 0.6 is 0 Å². The van der Waals surface area contributed by atoms with Crippen molar-refractivity contribution in [2.75, 3.05) is 0 Å². The number of rotatable bonds is 2. The van der Waals surface area contributed by atoms with Crippen molar-refractivity contribution in [2.24, 2.45) is 0 Å². The Morgan fingerprint density at radius 2 is 0.625 bits per heavy atom. The van der Waals surface area contributed by atoms with Gasteiger partial charge in [0.2, 0.25) is 0 Å². The monoisotopic (exact) mass is 412 g/mol. The Morgan fingerprint density at radius 3 is 0.906 bits per heavy atom. The van der Waals surface area contributed by atoms with Crippen LogP contribution in [0.4, 0.5) is 0 Å². The van der Waals surface area contributed by atoms with Gasteiger partial charge in [-0.1, -0.05) is 72.8 Å². The van der Waals surface area contributed by atoms with Gasteiger partial charge in [-0.25, -0.2) is 0 Å². The van der Waals surface area contributed by atoms with Crippen molar-refractivity contribution in [3.8, 4) is 11.4 Å². The molecule has 0 aliphatic heterocycles. The van der Waals surface area contributed by atoms with Gasteiger partial charge in [-0.15, -0.1) is 0 Å². The average Bonchev–Trinajstić information content (AvgIpc) is 3.42. The van der Waals surface area contributed by atoms with Crippen LogP contribution in [0.1, 0.15) is 5.48 Å². The zero-order valence-corrected chi connectivity index (χ0v) is 17.1. The van der Waals surface area contributed by atoms with Gasteiger partial charge in [0.25, 0.3) is 0 Å². The lowest BCUT2D eigenvalue weighted by Crippen LogP contribution is -1.97. The quantitative estimate of drug-likeness (QED) is 0.273. The molecular weight excluding hydrogens is 388 g/mol. The number of nitrogens with zero attached hydrogens (tertiary/aromatic N) is 2. The van der Waals surface area contributed by atoms with Crippen LogP contribution in [0.3, 0.4) is 0 Å². The molecule has 7 aromatic rings. The van der Waals surface area contributed by atoms with Crippen LogP contribution in [0.15, 0.2) is 121 Å². The molecule has 0 aliphatic carbocycles. The highest BCUT2D eigenvalue weighted by molar-refractivity contribution is 6.10. The first-order chi connectivity index (χ1) is 17.6. The number of benzene rings is 5. The lowest BCUT2D eigenvalue weighted by atomic mass is 10.2. The van der Waals surface area contributed by atoms with E-state index >= 15 is 0 Å². The van der Waals surface area contributed by atoms with Gasteiger partial charge in [0.05, 0.1) is 27.5 Å². The fourth-order valence-electron chi connectivity index (χ4n) is 4.85. The van der Waals surface area contributed by atoms with E-state index in [0.29, 0.717) is 0 Å². The second kappa shape index (κ2) is 6.60. The standard InChI is InChI=1S/C30H20N2/c1-5-13-27-23(9-1)24-10-2-6-14-28(24)31(27)21-17-19-22(20-18-21)32-29-15-7-3-11-25(29)26-12-4-8-16-30(26)32/h1-20H/i17D,18D,19D,20D. The minimum atomic E-state index is -0.0700. The van der Waals surface area contributed by atoms with E-state index in [1.54, 1.807) is 0 Å². The van der Waals surface area contributed by atoms with Crippen LogP contribution in [0.2, 0.25) is 0 Å². The fourth-order valence-corrected chi connectivity index (χ4v) is 4.85. The summed E-state index contributed by atoms with van der Waals surface area (Å²) in [6.45, 7) is 0. The zero-order valence-electron chi connectivity index (χ0n) is 21.1. The maximum atomic E-state index is 9.09. The number of hydrogen-bond donors (Lipinski definition) is 0. The molecule has 2 aromatic heterocycles. The summed E-state index contributed by atoms with van der Waals surface area (Å²) >= 11 is 0. The average molecular weight is 413 g/mol. The van der Waals surface area contributed by atoms with Crippen LogP contribution in [0.25, 0.3) is 55.0 Å². The van der Waals surface area contributed by atoms with Crippen molar-refractivity contribution >= 4 is 43.6 Å². The highest BCUT2D eigenvalue weighted by atomic mass is 15.0. The smallest absolute Gasteiger partial charge is 0.0646 e. The molecule has 0 N–H and O–H groups in total. The molecule has 7 rings (SSSR count). The van der Waals surface area contributed by atoms with Crippen LogP contribution in [-0.2, 0) is 0 Å². The van der Waals surface area contributed by atoms with Gasteiger partial charge in [0.15, 0.2) is 0 Å². The van der Waals surface area contributed by atoms with Crippen LogP contribution in [-0.4, -0.2) is 9.13 Å². The van der Waals surface area contributed by atoms with Gasteiger partial charge in [-0.05, 0) is 48.4 Å². The Labute approximate surface area is 191 Å². The summed E-state index contributed by atoms with van der Waals surface area (Å²) in [4.78, 5) is 0. The summed E-state index contributed by atoms with van der Waals surface area (Å²) in [7, 11) is 0. The molecule has 0 atom stereocenters. The molecule has 5 aromatic carbocycles. The molecule has 0 bridgehead atoms. The summed E-state index contributed by atoms with van der Waals surface area (Å²) in [6, 6.07) is 31.3. The summed E-state index contributed by atoms with van der Waals surface area (Å²) in [5.74, 6) is 0. The second-order valence-electron chi connectivity index (χ2n) is 7.94. The predicted molar refractivity (Wildman–Crippen MR) is 135 cm³/mol. The molecule has 0 radical (unpaired) electrons. The number of para-hydroxylation sites is 4. The fraction of sp³-hybridized carbons (Fsp3) is 0. The SMILES string of the molecule is [2H]c1c([2H])c(-n2c3ccccc3c3ccccc32)c([2H])c([2H])c1-n1c2ccccc2c2ccccc21. The third kappa shape index (κ3) is 2.35. The van der Waals surface area contributed by atoms with Crippen molar-refractivity contribution in [1.29, 1.82) is 0 Å². The van der Waals surface area contributed by atoms with Gasteiger partial charge >= 0.3 is 0 Å². The summed E-state index contributed by atoms with van der Waals surface area (Å²) < 4.78 is 40.1. The van der Waals surface area contributed by atoms with Crippen molar-refractivity contribution in [3.63, 3.8) is 0 Å². The Balaban J connectivity index is 1.62. The first-order valence-corrected chi connectivity index (χ1v) is 10.7. The molecule has 2 nitrogen and oxygen atoms in total. The van der Waals surface area contributed by atoms with E-state index in [9.17, 15) is 0 Å². The Bertz CT molecular complexity index is 1720. The molecule has 0 amide bonds.